The summed E-state index contributed by atoms with van der Waals surface area (Å²) in [5.74, 6) is -0.952. The number of carboxylic acids is 1. The summed E-state index contributed by atoms with van der Waals surface area (Å²) >= 11 is 6.07. The van der Waals surface area contributed by atoms with E-state index in [9.17, 15) is 15.0 Å². The molecule has 0 aliphatic heterocycles. The molecule has 4 rings (SSSR count). The first kappa shape index (κ1) is 21.8. The van der Waals surface area contributed by atoms with Gasteiger partial charge in [0.15, 0.2) is 0 Å². The maximum absolute atomic E-state index is 11.4. The van der Waals surface area contributed by atoms with E-state index < -0.39 is 12.1 Å². The Morgan fingerprint density at radius 2 is 1.78 bits per heavy atom. The van der Waals surface area contributed by atoms with Gasteiger partial charge in [-0.2, -0.15) is 0 Å². The summed E-state index contributed by atoms with van der Waals surface area (Å²) < 4.78 is 0. The highest BCUT2D eigenvalue weighted by molar-refractivity contribution is 6.31. The predicted molar refractivity (Wildman–Crippen MR) is 129 cm³/mol. The number of carbonyl (C=O) groups is 1. The molecule has 1 aromatic heterocycles. The summed E-state index contributed by atoms with van der Waals surface area (Å²) in [6.45, 7) is 0. The van der Waals surface area contributed by atoms with Gasteiger partial charge in [0.25, 0.3) is 0 Å². The molecule has 4 aromatic rings. The van der Waals surface area contributed by atoms with E-state index in [0.29, 0.717) is 17.9 Å². The Morgan fingerprint density at radius 1 is 0.969 bits per heavy atom. The van der Waals surface area contributed by atoms with E-state index in [0.717, 1.165) is 33.3 Å². The lowest BCUT2D eigenvalue weighted by Crippen LogP contribution is -2.05. The van der Waals surface area contributed by atoms with Crippen LogP contribution in [0.4, 0.5) is 0 Å². The summed E-state index contributed by atoms with van der Waals surface area (Å²) in [6.07, 6.45) is 4.10. The number of aryl methyl sites for hydroxylation is 1. The minimum atomic E-state index is -0.952. The topological polar surface area (TPSA) is 70.4 Å². The van der Waals surface area contributed by atoms with E-state index in [1.807, 2.05) is 72.8 Å². The van der Waals surface area contributed by atoms with Gasteiger partial charge in [-0.1, -0.05) is 66.2 Å². The van der Waals surface area contributed by atoms with Gasteiger partial charge in [0.1, 0.15) is 0 Å². The van der Waals surface area contributed by atoms with Crippen molar-refractivity contribution in [3.8, 4) is 0 Å². The fraction of sp³-hybridized carbons (Fsp3) is 0.111. The van der Waals surface area contributed by atoms with E-state index >= 15 is 0 Å². The summed E-state index contributed by atoms with van der Waals surface area (Å²) in [5.41, 5.74) is 4.39. The number of pyridine rings is 1. The largest absolute Gasteiger partial charge is 0.478 e. The Kier molecular flexibility index (Phi) is 6.64. The molecule has 0 bridgehead atoms. The SMILES string of the molecule is O=C(O)c1ccccc1CCC(O)c1cccc(C=Cc2ccc3ccc(Cl)cc3n2)c1. The minimum Gasteiger partial charge on any atom is -0.478 e. The van der Waals surface area contributed by atoms with Crippen molar-refractivity contribution in [2.75, 3.05) is 0 Å². The zero-order valence-corrected chi connectivity index (χ0v) is 18.0. The molecule has 0 aliphatic carbocycles. The summed E-state index contributed by atoms with van der Waals surface area (Å²) in [5, 5.41) is 21.7. The lowest BCUT2D eigenvalue weighted by atomic mass is 9.97. The molecule has 1 atom stereocenters. The molecule has 0 spiro atoms. The normalized spacial score (nSPS) is 12.3. The van der Waals surface area contributed by atoms with Crippen molar-refractivity contribution in [3.05, 3.63) is 112 Å². The first-order chi connectivity index (χ1) is 15.5. The maximum Gasteiger partial charge on any atom is 0.335 e. The third-order valence-electron chi connectivity index (χ3n) is 5.35. The molecular weight excluding hydrogens is 422 g/mol. The second-order valence-electron chi connectivity index (χ2n) is 7.59. The van der Waals surface area contributed by atoms with Gasteiger partial charge in [-0.3, -0.25) is 0 Å². The van der Waals surface area contributed by atoms with Gasteiger partial charge in [0.05, 0.1) is 22.9 Å². The van der Waals surface area contributed by atoms with Crippen LogP contribution < -0.4 is 0 Å². The zero-order valence-electron chi connectivity index (χ0n) is 17.3. The molecule has 0 saturated carbocycles. The molecule has 4 nitrogen and oxygen atoms in total. The van der Waals surface area contributed by atoms with Crippen LogP contribution >= 0.6 is 11.6 Å². The van der Waals surface area contributed by atoms with Crippen molar-refractivity contribution >= 4 is 40.6 Å². The lowest BCUT2D eigenvalue weighted by Gasteiger charge is -2.13. The van der Waals surface area contributed by atoms with Gasteiger partial charge >= 0.3 is 5.97 Å². The number of carboxylic acid groups (broad SMARTS) is 1. The Balaban J connectivity index is 1.47. The fourth-order valence-electron chi connectivity index (χ4n) is 3.66. The molecule has 32 heavy (non-hydrogen) atoms. The van der Waals surface area contributed by atoms with Gasteiger partial charge in [-0.15, -0.1) is 0 Å². The average Bonchev–Trinajstić information content (AvgIpc) is 2.81. The van der Waals surface area contributed by atoms with Crippen LogP contribution in [0.15, 0.2) is 78.9 Å². The molecule has 0 amide bonds. The van der Waals surface area contributed by atoms with E-state index in [-0.39, 0.29) is 5.56 Å². The number of aliphatic hydroxyl groups excluding tert-OH is 1. The fourth-order valence-corrected chi connectivity index (χ4v) is 3.82. The van der Waals surface area contributed by atoms with Crippen LogP contribution in [0.1, 0.15) is 45.3 Å². The second kappa shape index (κ2) is 9.77. The van der Waals surface area contributed by atoms with Crippen LogP contribution in [0.5, 0.6) is 0 Å². The quantitative estimate of drug-likeness (QED) is 0.345. The Morgan fingerprint density at radius 3 is 2.62 bits per heavy atom. The van der Waals surface area contributed by atoms with Gasteiger partial charge in [0.2, 0.25) is 0 Å². The van der Waals surface area contributed by atoms with E-state index in [2.05, 4.69) is 4.98 Å². The molecule has 0 aliphatic rings. The number of aliphatic hydroxyl groups is 1. The molecule has 1 heterocycles. The lowest BCUT2D eigenvalue weighted by molar-refractivity contribution is 0.0695. The van der Waals surface area contributed by atoms with Crippen LogP contribution in [-0.2, 0) is 6.42 Å². The van der Waals surface area contributed by atoms with Crippen LogP contribution in [0, 0.1) is 0 Å². The number of hydrogen-bond acceptors (Lipinski definition) is 3. The number of aromatic carboxylic acids is 1. The van der Waals surface area contributed by atoms with Crippen molar-refractivity contribution in [1.29, 1.82) is 0 Å². The molecule has 0 radical (unpaired) electrons. The molecule has 2 N–H and O–H groups in total. The average molecular weight is 444 g/mol. The predicted octanol–water partition coefficient (Wildman–Crippen LogP) is 6.42. The third kappa shape index (κ3) is 5.22. The maximum atomic E-state index is 11.4. The standard InChI is InChI=1S/C27H22ClNO3/c28-22-12-9-20-10-14-23(29-25(20)17-22)13-8-18-4-3-6-21(16-18)26(30)15-11-19-5-1-2-7-24(19)27(31)32/h1-10,12-14,16-17,26,30H,11,15H2,(H,31,32). The Bertz CT molecular complexity index is 1300. The zero-order chi connectivity index (χ0) is 22.5. The van der Waals surface area contributed by atoms with Gasteiger partial charge in [-0.05, 0) is 65.9 Å². The van der Waals surface area contributed by atoms with E-state index in [1.165, 1.54) is 0 Å². The molecule has 0 saturated heterocycles. The van der Waals surface area contributed by atoms with Crippen LogP contribution in [0.2, 0.25) is 5.02 Å². The molecule has 5 heteroatoms. The number of halogens is 1. The highest BCUT2D eigenvalue weighted by atomic mass is 35.5. The third-order valence-corrected chi connectivity index (χ3v) is 5.59. The number of aromatic nitrogens is 1. The van der Waals surface area contributed by atoms with Crippen molar-refractivity contribution < 1.29 is 15.0 Å². The monoisotopic (exact) mass is 443 g/mol. The molecule has 3 aromatic carbocycles. The van der Waals surface area contributed by atoms with Crippen LogP contribution in [-0.4, -0.2) is 21.2 Å². The van der Waals surface area contributed by atoms with Crippen LogP contribution in [0.3, 0.4) is 0 Å². The van der Waals surface area contributed by atoms with E-state index in [4.69, 9.17) is 11.6 Å². The molecular formula is C27H22ClNO3. The van der Waals surface area contributed by atoms with Crippen molar-refractivity contribution in [1.82, 2.24) is 4.98 Å². The number of hydrogen-bond donors (Lipinski definition) is 2. The molecule has 0 fully saturated rings. The first-order valence-corrected chi connectivity index (χ1v) is 10.7. The first-order valence-electron chi connectivity index (χ1n) is 10.3. The van der Waals surface area contributed by atoms with E-state index in [1.54, 1.807) is 18.2 Å². The number of nitrogens with zero attached hydrogens (tertiary/aromatic N) is 1. The van der Waals surface area contributed by atoms with Crippen molar-refractivity contribution in [3.63, 3.8) is 0 Å². The number of benzene rings is 3. The Hall–Kier alpha value is -3.47. The minimum absolute atomic E-state index is 0.278. The summed E-state index contributed by atoms with van der Waals surface area (Å²) in [4.78, 5) is 16.0. The summed E-state index contributed by atoms with van der Waals surface area (Å²) in [6, 6.07) is 24.2. The molecule has 160 valence electrons. The summed E-state index contributed by atoms with van der Waals surface area (Å²) in [7, 11) is 0. The highest BCUT2D eigenvalue weighted by Crippen LogP contribution is 2.23. The van der Waals surface area contributed by atoms with Crippen molar-refractivity contribution in [2.24, 2.45) is 0 Å². The van der Waals surface area contributed by atoms with Crippen molar-refractivity contribution in [2.45, 2.75) is 18.9 Å². The number of fused-ring (bicyclic) bond motifs is 1. The second-order valence-corrected chi connectivity index (χ2v) is 8.03. The Labute approximate surface area is 191 Å². The number of rotatable bonds is 7. The van der Waals surface area contributed by atoms with Gasteiger partial charge in [-0.25, -0.2) is 9.78 Å². The van der Waals surface area contributed by atoms with Gasteiger partial charge < -0.3 is 10.2 Å². The smallest absolute Gasteiger partial charge is 0.335 e. The highest BCUT2D eigenvalue weighted by Gasteiger charge is 2.12. The van der Waals surface area contributed by atoms with Gasteiger partial charge in [0, 0.05) is 10.4 Å². The molecule has 1 unspecified atom stereocenters. The van der Waals surface area contributed by atoms with Crippen LogP contribution in [0.25, 0.3) is 23.1 Å².